The first kappa shape index (κ1) is 87.8. The van der Waals surface area contributed by atoms with Crippen molar-refractivity contribution in [3.05, 3.63) is 151 Å². The summed E-state index contributed by atoms with van der Waals surface area (Å²) in [6.45, 7) is 24.6. The number of rotatable bonds is 10. The lowest BCUT2D eigenvalue weighted by molar-refractivity contribution is -0.186. The van der Waals surface area contributed by atoms with Crippen molar-refractivity contribution in [1.29, 1.82) is 5.26 Å². The third-order valence-electron chi connectivity index (χ3n) is 26.1. The summed E-state index contributed by atoms with van der Waals surface area (Å²) in [5.41, 5.74) is 5.66. The van der Waals surface area contributed by atoms with Crippen molar-refractivity contribution in [3.63, 3.8) is 0 Å². The quantitative estimate of drug-likeness (QED) is 0.0368. The molecule has 0 aliphatic carbocycles. The Kier molecular flexibility index (Phi) is 22.9. The first-order valence-electron chi connectivity index (χ1n) is 41.7. The SMILES string of the molecule is C=COC(=O)Oc1c(C)c2c(c3c1[C@H]1SC[C@]4(NCCc5cc(OC(=O)OC(C)(C)C)c(OC)cc54)C(=O)OC[C@@H]3N3C1[C@H]1c4c(cc(C)c(OC)c4O)C[C@@H]([C@@H]3C#N)N1C)OCO2.C=COC(=O)Oc1c(C)c2c(c3c1[C@H]1SC[C@]4(NCCc5cc(OC(=O)OC(C)(C)C)c(OC)cc54)C(=O)OC[C@@H]3N3C1[C@H]1c4c(cc(C)c(OC)c4O)C[C@@H]([C@@H]3O)N1C)OCO2. The molecule has 8 bridgehead atoms. The lowest BCUT2D eigenvalue weighted by atomic mass is 9.71. The number of ether oxygens (including phenoxy) is 18. The van der Waals surface area contributed by atoms with E-state index in [1.807, 2.05) is 45.0 Å². The van der Waals surface area contributed by atoms with Gasteiger partial charge in [-0.15, -0.1) is 23.5 Å². The number of esters is 2. The van der Waals surface area contributed by atoms with E-state index in [4.69, 9.17) is 85.3 Å². The number of phenols is 2. The fourth-order valence-electron chi connectivity index (χ4n) is 21.1. The Morgan fingerprint density at radius 3 is 1.35 bits per heavy atom. The molecule has 4 fully saturated rings. The molecule has 2 unspecified atom stereocenters. The Hall–Kier alpha value is -11.3. The number of carbonyl (C=O) groups is 6. The molecule has 14 aliphatic rings. The molecular weight excluding hydrogens is 1690 g/mol. The van der Waals surface area contributed by atoms with E-state index in [0.717, 1.165) is 40.3 Å². The smallest absolute Gasteiger partial charge is 0.504 e. The molecule has 4 saturated heterocycles. The predicted octanol–water partition coefficient (Wildman–Crippen LogP) is 12.1. The topological polar surface area (TPSA) is 390 Å². The highest BCUT2D eigenvalue weighted by Gasteiger charge is 2.65. The molecule has 14 atom stereocenters. The number of hydrogen-bond donors (Lipinski definition) is 5. The zero-order chi connectivity index (χ0) is 90.4. The van der Waals surface area contributed by atoms with Crippen molar-refractivity contribution < 1.29 is 129 Å². The van der Waals surface area contributed by atoms with Crippen LogP contribution in [-0.2, 0) is 74.8 Å². The average molecular weight is 1790 g/mol. The summed E-state index contributed by atoms with van der Waals surface area (Å²) in [6.07, 6.45) is -1.26. The highest BCUT2D eigenvalue weighted by atomic mass is 32.2. The Bertz CT molecular complexity index is 5650. The number of aryl methyl sites for hydroxylation is 2. The van der Waals surface area contributed by atoms with E-state index in [9.17, 15) is 39.8 Å². The van der Waals surface area contributed by atoms with Crippen LogP contribution in [0.4, 0.5) is 19.2 Å². The number of phenolic OH excluding ortho intramolecular Hbond substituents is 2. The predicted molar refractivity (Wildman–Crippen MR) is 455 cm³/mol. The summed E-state index contributed by atoms with van der Waals surface area (Å²) in [6, 6.07) is 7.63. The van der Waals surface area contributed by atoms with Crippen LogP contribution in [0.3, 0.4) is 0 Å². The molecule has 0 radical (unpaired) electrons. The fourth-order valence-corrected chi connectivity index (χ4v) is 24.5. The fraction of sp³-hybridized carbons (Fsp3) is 0.484. The summed E-state index contributed by atoms with van der Waals surface area (Å²) in [5, 5.41) is 53.8. The van der Waals surface area contributed by atoms with Gasteiger partial charge in [0.1, 0.15) is 48.2 Å². The molecule has 6 aromatic rings. The number of likely N-dealkylation sites (N-methyl/N-ethyl adjacent to an activating group) is 2. The summed E-state index contributed by atoms with van der Waals surface area (Å²) >= 11 is 2.80. The van der Waals surface area contributed by atoms with Gasteiger partial charge in [-0.2, -0.15) is 5.26 Å². The number of methoxy groups -OCH3 is 4. The highest BCUT2D eigenvalue weighted by molar-refractivity contribution is 7.99. The van der Waals surface area contributed by atoms with Crippen molar-refractivity contribution in [2.75, 3.05) is 93.9 Å². The number of carbonyl (C=O) groups excluding carboxylic acids is 6. The number of nitrogens with zero attached hydrogens (tertiary/aromatic N) is 5. The van der Waals surface area contributed by atoms with Crippen LogP contribution in [0.25, 0.3) is 0 Å². The second-order valence-electron chi connectivity index (χ2n) is 35.2. The summed E-state index contributed by atoms with van der Waals surface area (Å²) in [4.78, 5) is 90.8. The molecule has 0 aromatic heterocycles. The molecule has 36 heteroatoms. The van der Waals surface area contributed by atoms with E-state index in [1.54, 1.807) is 79.7 Å². The number of nitriles is 1. The van der Waals surface area contributed by atoms with Gasteiger partial charge in [-0.3, -0.25) is 30.2 Å². The molecule has 14 heterocycles. The van der Waals surface area contributed by atoms with Gasteiger partial charge in [-0.05, 0) is 178 Å². The van der Waals surface area contributed by atoms with Crippen LogP contribution in [0.1, 0.15) is 165 Å². The minimum Gasteiger partial charge on any atom is -0.504 e. The van der Waals surface area contributed by atoms with Gasteiger partial charge < -0.3 is 101 Å². The number of piperazine rings is 2. The zero-order valence-corrected chi connectivity index (χ0v) is 74.8. The van der Waals surface area contributed by atoms with Gasteiger partial charge in [0.2, 0.25) is 13.6 Å². The first-order valence-corrected chi connectivity index (χ1v) is 43.8. The molecule has 5 N–H and O–H groups in total. The molecule has 0 saturated carbocycles. The third kappa shape index (κ3) is 14.4. The number of aliphatic hydroxyl groups excluding tert-OH is 1. The van der Waals surface area contributed by atoms with E-state index >= 15 is 9.59 Å². The van der Waals surface area contributed by atoms with E-state index in [0.29, 0.717) is 134 Å². The van der Waals surface area contributed by atoms with Crippen LogP contribution in [0.5, 0.6) is 80.5 Å². The van der Waals surface area contributed by atoms with Gasteiger partial charge >= 0.3 is 36.6 Å². The van der Waals surface area contributed by atoms with Crippen LogP contribution < -0.4 is 67.5 Å². The Labute approximate surface area is 741 Å². The van der Waals surface area contributed by atoms with Crippen molar-refractivity contribution in [2.45, 2.75) is 188 Å². The molecule has 127 heavy (non-hydrogen) atoms. The Morgan fingerprint density at radius 1 is 0.528 bits per heavy atom. The van der Waals surface area contributed by atoms with Crippen LogP contribution >= 0.6 is 23.5 Å². The second-order valence-corrected chi connectivity index (χ2v) is 37.5. The van der Waals surface area contributed by atoms with Crippen LogP contribution in [0, 0.1) is 39.0 Å². The van der Waals surface area contributed by atoms with Gasteiger partial charge in [-0.1, -0.05) is 25.3 Å². The van der Waals surface area contributed by atoms with E-state index in [1.165, 1.54) is 52.0 Å². The van der Waals surface area contributed by atoms with E-state index in [-0.39, 0.29) is 90.3 Å². The second kappa shape index (κ2) is 33.1. The molecule has 20 rings (SSSR count). The van der Waals surface area contributed by atoms with Crippen molar-refractivity contribution in [3.8, 4) is 86.6 Å². The lowest BCUT2D eigenvalue weighted by Gasteiger charge is -2.62. The Morgan fingerprint density at radius 2 is 0.937 bits per heavy atom. The van der Waals surface area contributed by atoms with Crippen molar-refractivity contribution in [1.82, 2.24) is 30.2 Å². The van der Waals surface area contributed by atoms with Gasteiger partial charge in [-0.25, -0.2) is 28.8 Å². The molecule has 34 nitrogen and oxygen atoms in total. The Balaban J connectivity index is 0.000000179. The summed E-state index contributed by atoms with van der Waals surface area (Å²) < 4.78 is 105. The van der Waals surface area contributed by atoms with Crippen molar-refractivity contribution in [2.24, 2.45) is 0 Å². The monoisotopic (exact) mass is 1790 g/mol. The number of aliphatic hydroxyl groups is 1. The first-order chi connectivity index (χ1) is 60.6. The maximum absolute atomic E-state index is 15.1. The standard InChI is InChI=1S/C46H50N4O13S.C45H51N3O14S/c1-10-57-43(53)62-38-22(3)39-40(60-20-59-39)32-28-18-58-42(52)46(25-16-29(55-8)30(15-23(25)11-12-48-46)61-44(54)63-45(4,5)6)19-64-41(33(32)38)35-34-31-24(13-21(2)37(56-9)36(31)51)14-26(49(34)7)27(17-47)50(28)35;1-10-56-42(52)61-36-21(3)37-38(59-19-58-37)30-26-17-57-41(51)45(24-16-27(54-8)28(15-22(24)11-12-46-45)60-43(53)62-44(4,5)6)18-63-39(31(30)36)33-32-29-23(13-20(2)35(55-9)34(29)49)14-25(47(32)7)40(50)48(26)33/h10,13,15-16,26-28,34-35,41,48,51H,1,11-12,14,18-20H2,2-9H3;10,13,15-16,25-26,32-33,39-40,46,49-50H,1,11-12,14,17-19H2,2-9H3/t26-,27-,28-,34+,35?,41+,46+;25-,26-,32+,33?,39+,40-,45+/m00/s1. The number of benzene rings is 6. The van der Waals surface area contributed by atoms with Crippen LogP contribution in [0.2, 0.25) is 0 Å². The van der Waals surface area contributed by atoms with E-state index in [2.05, 4.69) is 44.6 Å². The largest absolute Gasteiger partial charge is 0.518 e. The number of fused-ring (bicyclic) bond motifs is 18. The molecular formula is C91H101N7O27S2. The number of aromatic hydroxyl groups is 2. The molecule has 2 spiro atoms. The maximum Gasteiger partial charge on any atom is 0.518 e. The number of thioether (sulfide) groups is 2. The average Bonchev–Trinajstić information content (AvgIpc) is 1.52. The number of hydrogen-bond acceptors (Lipinski definition) is 36. The normalized spacial score (nSPS) is 26.7. The summed E-state index contributed by atoms with van der Waals surface area (Å²) in [5.74, 6) is 2.02. The van der Waals surface area contributed by atoms with Crippen LogP contribution in [0.15, 0.2) is 62.1 Å². The lowest BCUT2D eigenvalue weighted by Crippen LogP contribution is -2.70. The minimum absolute atomic E-state index is 0.00322. The molecule has 6 aromatic carbocycles. The van der Waals surface area contributed by atoms with Gasteiger partial charge in [0.15, 0.2) is 80.1 Å². The highest BCUT2D eigenvalue weighted by Crippen LogP contribution is 2.68. The van der Waals surface area contributed by atoms with Crippen LogP contribution in [-0.4, -0.2) is 213 Å². The maximum atomic E-state index is 15.1. The molecule has 14 aliphatic heterocycles. The number of nitrogens with one attached hydrogen (secondary N) is 2. The van der Waals surface area contributed by atoms with Crippen molar-refractivity contribution >= 4 is 60.1 Å². The third-order valence-corrected chi connectivity index (χ3v) is 29.0. The van der Waals surface area contributed by atoms with Gasteiger partial charge in [0, 0.05) is 87.2 Å². The van der Waals surface area contributed by atoms with E-state index < -0.39 is 124 Å². The summed E-state index contributed by atoms with van der Waals surface area (Å²) in [7, 11) is 9.79. The molecule has 0 amide bonds. The molecule has 674 valence electrons. The zero-order valence-electron chi connectivity index (χ0n) is 73.1. The minimum atomic E-state index is -1.49. The van der Waals surface area contributed by atoms with Gasteiger partial charge in [0.05, 0.1) is 87.7 Å². The van der Waals surface area contributed by atoms with Gasteiger partial charge in [0.25, 0.3) is 0 Å².